The van der Waals surface area contributed by atoms with Gasteiger partial charge in [-0.1, -0.05) is 6.07 Å². The number of rotatable bonds is 4. The molecule has 0 saturated carbocycles. The summed E-state index contributed by atoms with van der Waals surface area (Å²) in [5, 5.41) is 0. The van der Waals surface area contributed by atoms with E-state index in [1.54, 1.807) is 7.11 Å². The molecule has 27 heavy (non-hydrogen) atoms. The third-order valence-electron chi connectivity index (χ3n) is 6.50. The highest BCUT2D eigenvalue weighted by Crippen LogP contribution is 2.40. The van der Waals surface area contributed by atoms with E-state index in [2.05, 4.69) is 19.9 Å². The van der Waals surface area contributed by atoms with Crippen molar-refractivity contribution in [3.05, 3.63) is 34.4 Å². The number of likely N-dealkylation sites (tertiary alicyclic amines) is 2. The molecule has 2 aliphatic heterocycles. The number of aryl methyl sites for hydroxylation is 3. The summed E-state index contributed by atoms with van der Waals surface area (Å²) in [6.45, 7) is 9.77. The van der Waals surface area contributed by atoms with Gasteiger partial charge in [-0.25, -0.2) is 0 Å². The summed E-state index contributed by atoms with van der Waals surface area (Å²) in [5.74, 6) is 0.385. The van der Waals surface area contributed by atoms with Crippen molar-refractivity contribution in [2.24, 2.45) is 5.41 Å². The molecule has 5 nitrogen and oxygen atoms in total. The molecule has 148 valence electrons. The molecule has 1 spiro atoms. The molecule has 0 unspecified atom stereocenters. The molecule has 2 aliphatic rings. The summed E-state index contributed by atoms with van der Waals surface area (Å²) >= 11 is 0. The van der Waals surface area contributed by atoms with E-state index in [9.17, 15) is 9.59 Å². The van der Waals surface area contributed by atoms with Gasteiger partial charge in [0.15, 0.2) is 0 Å². The third kappa shape index (κ3) is 4.18. The quantitative estimate of drug-likeness (QED) is 0.816. The van der Waals surface area contributed by atoms with Gasteiger partial charge in [-0.15, -0.1) is 0 Å². The molecule has 0 N–H and O–H groups in total. The summed E-state index contributed by atoms with van der Waals surface area (Å²) < 4.78 is 5.15. The molecule has 0 bridgehead atoms. The molecule has 3 rings (SSSR count). The predicted octanol–water partition coefficient (Wildman–Crippen LogP) is 3.10. The van der Waals surface area contributed by atoms with Crippen molar-refractivity contribution in [2.75, 3.05) is 39.9 Å². The van der Waals surface area contributed by atoms with Crippen LogP contribution in [0.1, 0.15) is 52.7 Å². The summed E-state index contributed by atoms with van der Waals surface area (Å²) in [6.07, 6.45) is 3.51. The zero-order chi connectivity index (χ0) is 19.6. The van der Waals surface area contributed by atoms with Gasteiger partial charge < -0.3 is 14.5 Å². The molecule has 1 aromatic rings. The topological polar surface area (TPSA) is 49.9 Å². The van der Waals surface area contributed by atoms with Crippen molar-refractivity contribution in [3.8, 4) is 0 Å². The first-order valence-corrected chi connectivity index (χ1v) is 9.99. The number of amides is 2. The molecule has 0 radical (unpaired) electrons. The van der Waals surface area contributed by atoms with Crippen molar-refractivity contribution >= 4 is 11.8 Å². The summed E-state index contributed by atoms with van der Waals surface area (Å²) in [7, 11) is 1.67. The van der Waals surface area contributed by atoms with Gasteiger partial charge in [-0.05, 0) is 68.2 Å². The highest BCUT2D eigenvalue weighted by molar-refractivity contribution is 5.96. The maximum atomic E-state index is 13.1. The second kappa shape index (κ2) is 8.01. The smallest absolute Gasteiger partial charge is 0.254 e. The fourth-order valence-electron chi connectivity index (χ4n) is 4.46. The van der Waals surface area contributed by atoms with E-state index in [4.69, 9.17) is 4.74 Å². The Morgan fingerprint density at radius 2 is 1.74 bits per heavy atom. The van der Waals surface area contributed by atoms with Crippen LogP contribution in [0.5, 0.6) is 0 Å². The van der Waals surface area contributed by atoms with Gasteiger partial charge in [0, 0.05) is 45.3 Å². The van der Waals surface area contributed by atoms with Crippen molar-refractivity contribution in [3.63, 3.8) is 0 Å². The van der Waals surface area contributed by atoms with Crippen molar-refractivity contribution < 1.29 is 14.3 Å². The molecular weight excluding hydrogens is 340 g/mol. The number of piperidine rings is 2. The van der Waals surface area contributed by atoms with Crippen LogP contribution in [0.25, 0.3) is 0 Å². The fraction of sp³-hybridized carbons (Fsp3) is 0.636. The number of carbonyl (C=O) groups excluding carboxylic acids is 2. The van der Waals surface area contributed by atoms with Crippen LogP contribution in [0, 0.1) is 26.2 Å². The molecule has 2 saturated heterocycles. The number of methoxy groups -OCH3 is 1. The minimum Gasteiger partial charge on any atom is -0.383 e. The van der Waals surface area contributed by atoms with E-state index in [-0.39, 0.29) is 17.2 Å². The summed E-state index contributed by atoms with van der Waals surface area (Å²) in [6, 6.07) is 4.14. The van der Waals surface area contributed by atoms with E-state index in [1.165, 1.54) is 5.56 Å². The Bertz CT molecular complexity index is 721. The summed E-state index contributed by atoms with van der Waals surface area (Å²) in [4.78, 5) is 29.2. The van der Waals surface area contributed by atoms with Gasteiger partial charge in [0.1, 0.15) is 0 Å². The van der Waals surface area contributed by atoms with Crippen LogP contribution in [0.3, 0.4) is 0 Å². The van der Waals surface area contributed by atoms with Gasteiger partial charge >= 0.3 is 0 Å². The average Bonchev–Trinajstić information content (AvgIpc) is 2.66. The fourth-order valence-corrected chi connectivity index (χ4v) is 4.46. The SMILES string of the molecule is COCCN1CC2(CCC1=O)CCN(C(=O)c1cc(C)c(C)cc1C)CC2. The van der Waals surface area contributed by atoms with Crippen LogP contribution in [0.15, 0.2) is 12.1 Å². The van der Waals surface area contributed by atoms with Gasteiger partial charge in [0.05, 0.1) is 6.61 Å². The lowest BCUT2D eigenvalue weighted by molar-refractivity contribution is -0.139. The average molecular weight is 373 g/mol. The van der Waals surface area contributed by atoms with Crippen LogP contribution < -0.4 is 0 Å². The number of hydrogen-bond acceptors (Lipinski definition) is 3. The van der Waals surface area contributed by atoms with Crippen LogP contribution in [0.2, 0.25) is 0 Å². The first-order valence-electron chi connectivity index (χ1n) is 9.99. The first-order chi connectivity index (χ1) is 12.8. The Hall–Kier alpha value is -1.88. The highest BCUT2D eigenvalue weighted by atomic mass is 16.5. The lowest BCUT2D eigenvalue weighted by atomic mass is 9.72. The Balaban J connectivity index is 1.65. The molecule has 1 aromatic carbocycles. The Kier molecular flexibility index (Phi) is 5.89. The van der Waals surface area contributed by atoms with Gasteiger partial charge in [-0.2, -0.15) is 0 Å². The van der Waals surface area contributed by atoms with Gasteiger partial charge in [0.25, 0.3) is 5.91 Å². The maximum Gasteiger partial charge on any atom is 0.254 e. The zero-order valence-corrected chi connectivity index (χ0v) is 17.1. The lowest BCUT2D eigenvalue weighted by Gasteiger charge is -2.47. The van der Waals surface area contributed by atoms with Gasteiger partial charge in [0.2, 0.25) is 5.91 Å². The zero-order valence-electron chi connectivity index (χ0n) is 17.1. The molecule has 5 heteroatoms. The predicted molar refractivity (Wildman–Crippen MR) is 106 cm³/mol. The van der Waals surface area contributed by atoms with E-state index in [1.807, 2.05) is 22.8 Å². The molecule has 0 aromatic heterocycles. The van der Waals surface area contributed by atoms with Crippen LogP contribution in [0.4, 0.5) is 0 Å². The minimum atomic E-state index is 0.147. The second-order valence-corrected chi connectivity index (χ2v) is 8.35. The van der Waals surface area contributed by atoms with Crippen molar-refractivity contribution in [1.29, 1.82) is 0 Å². The van der Waals surface area contributed by atoms with E-state index in [0.29, 0.717) is 19.6 Å². The number of nitrogens with zero attached hydrogens (tertiary/aromatic N) is 2. The van der Waals surface area contributed by atoms with Gasteiger partial charge in [-0.3, -0.25) is 9.59 Å². The molecule has 2 heterocycles. The number of carbonyl (C=O) groups is 2. The number of benzene rings is 1. The number of hydrogen-bond donors (Lipinski definition) is 0. The normalized spacial score (nSPS) is 19.6. The lowest BCUT2D eigenvalue weighted by Crippen LogP contribution is -2.53. The molecular formula is C22H32N2O3. The van der Waals surface area contributed by atoms with Crippen molar-refractivity contribution in [1.82, 2.24) is 9.80 Å². The Labute approximate surface area is 162 Å². The Morgan fingerprint density at radius 3 is 2.41 bits per heavy atom. The summed E-state index contributed by atoms with van der Waals surface area (Å²) in [5.41, 5.74) is 4.44. The van der Waals surface area contributed by atoms with Crippen LogP contribution in [-0.4, -0.2) is 61.5 Å². The number of ether oxygens (including phenoxy) is 1. The molecule has 0 atom stereocenters. The second-order valence-electron chi connectivity index (χ2n) is 8.35. The molecule has 2 fully saturated rings. The largest absolute Gasteiger partial charge is 0.383 e. The first kappa shape index (κ1) is 19.9. The molecule has 2 amide bonds. The van der Waals surface area contributed by atoms with Crippen molar-refractivity contribution in [2.45, 2.75) is 46.5 Å². The van der Waals surface area contributed by atoms with E-state index < -0.39 is 0 Å². The molecule has 0 aliphatic carbocycles. The monoisotopic (exact) mass is 372 g/mol. The van der Waals surface area contributed by atoms with Crippen LogP contribution in [-0.2, 0) is 9.53 Å². The van der Waals surface area contributed by atoms with E-state index >= 15 is 0 Å². The standard InChI is InChI=1S/C22H32N2O3/c1-16-13-18(3)19(14-17(16)2)21(26)23-9-7-22(8-10-23)6-5-20(25)24(15-22)11-12-27-4/h13-14H,5-12,15H2,1-4H3. The Morgan fingerprint density at radius 1 is 1.07 bits per heavy atom. The van der Waals surface area contributed by atoms with E-state index in [0.717, 1.165) is 55.6 Å². The third-order valence-corrected chi connectivity index (χ3v) is 6.50. The minimum absolute atomic E-state index is 0.147. The highest BCUT2D eigenvalue weighted by Gasteiger charge is 2.41. The van der Waals surface area contributed by atoms with Crippen LogP contribution >= 0.6 is 0 Å². The maximum absolute atomic E-state index is 13.1.